The molecule has 6 atom stereocenters. The van der Waals surface area contributed by atoms with Gasteiger partial charge in [0.05, 0.1) is 13.2 Å². The maximum Gasteiger partial charge on any atom is 0.306 e. The molecule has 1 aliphatic heterocycles. The molecule has 10 heteroatoms. The fraction of sp³-hybridized carbons (Fsp3) is 0.933. The van der Waals surface area contributed by atoms with Crippen molar-refractivity contribution < 1.29 is 49.0 Å². The number of unbranched alkanes of at least 4 members (excludes halogenated alkanes) is 13. The van der Waals surface area contributed by atoms with Gasteiger partial charge in [-0.2, -0.15) is 0 Å². The van der Waals surface area contributed by atoms with Crippen molar-refractivity contribution in [3.63, 3.8) is 0 Å². The third kappa shape index (κ3) is 16.2. The average molecular weight is 577 g/mol. The summed E-state index contributed by atoms with van der Waals surface area (Å²) in [5, 5.41) is 39.6. The number of aliphatic hydroxyl groups is 4. The molecule has 0 radical (unpaired) electrons. The largest absolute Gasteiger partial charge is 0.462 e. The number of ether oxygens (including phenoxy) is 4. The molecule has 0 spiro atoms. The Kier molecular flexibility index (Phi) is 21.4. The molecule has 0 saturated carbocycles. The highest BCUT2D eigenvalue weighted by Gasteiger charge is 2.44. The van der Waals surface area contributed by atoms with E-state index in [-0.39, 0.29) is 32.0 Å². The Bertz CT molecular complexity index is 644. The lowest BCUT2D eigenvalue weighted by atomic mass is 9.99. The Morgan fingerprint density at radius 2 is 1.18 bits per heavy atom. The van der Waals surface area contributed by atoms with E-state index in [1.807, 2.05) is 0 Å². The number of hydrogen-bond donors (Lipinski definition) is 4. The molecule has 0 bridgehead atoms. The SMILES string of the molecule is CCCCCCCCCCC(=O)OC(COC(=O)CCCCCCCCC)COC1OC(CO)C(O)C(O)C1O. The zero-order chi connectivity index (χ0) is 29.6. The minimum Gasteiger partial charge on any atom is -0.462 e. The van der Waals surface area contributed by atoms with Crippen LogP contribution in [0.2, 0.25) is 0 Å². The van der Waals surface area contributed by atoms with Crippen molar-refractivity contribution in [2.24, 2.45) is 0 Å². The van der Waals surface area contributed by atoms with Crippen molar-refractivity contribution >= 4 is 11.9 Å². The maximum atomic E-state index is 12.5. The molecule has 0 aromatic heterocycles. The van der Waals surface area contributed by atoms with Gasteiger partial charge in [0.2, 0.25) is 0 Å². The van der Waals surface area contributed by atoms with Gasteiger partial charge in [-0.25, -0.2) is 0 Å². The van der Waals surface area contributed by atoms with Gasteiger partial charge in [-0.15, -0.1) is 0 Å². The molecule has 0 aliphatic carbocycles. The summed E-state index contributed by atoms with van der Waals surface area (Å²) < 4.78 is 21.8. The molecule has 0 aromatic rings. The normalized spacial score (nSPS) is 23.6. The van der Waals surface area contributed by atoms with E-state index >= 15 is 0 Å². The summed E-state index contributed by atoms with van der Waals surface area (Å²) in [6.07, 6.45) is 8.74. The molecule has 0 amide bonds. The highest BCUT2D eigenvalue weighted by Crippen LogP contribution is 2.22. The van der Waals surface area contributed by atoms with Gasteiger partial charge in [-0.05, 0) is 12.8 Å². The highest BCUT2D eigenvalue weighted by atomic mass is 16.7. The summed E-state index contributed by atoms with van der Waals surface area (Å²) >= 11 is 0. The van der Waals surface area contributed by atoms with Gasteiger partial charge in [0.1, 0.15) is 31.0 Å². The molecular weight excluding hydrogens is 520 g/mol. The Hall–Kier alpha value is -1.30. The van der Waals surface area contributed by atoms with E-state index in [0.717, 1.165) is 44.9 Å². The predicted octanol–water partition coefficient (Wildman–Crippen LogP) is 3.93. The summed E-state index contributed by atoms with van der Waals surface area (Å²) in [5.74, 6) is -0.818. The number of esters is 2. The lowest BCUT2D eigenvalue weighted by Crippen LogP contribution is -2.59. The van der Waals surface area contributed by atoms with Crippen LogP contribution in [-0.2, 0) is 28.5 Å². The molecule has 10 nitrogen and oxygen atoms in total. The van der Waals surface area contributed by atoms with Crippen molar-refractivity contribution in [3.8, 4) is 0 Å². The zero-order valence-electron chi connectivity index (χ0n) is 24.8. The van der Waals surface area contributed by atoms with Crippen molar-refractivity contribution in [1.82, 2.24) is 0 Å². The maximum absolute atomic E-state index is 12.5. The summed E-state index contributed by atoms with van der Waals surface area (Å²) in [5.41, 5.74) is 0. The summed E-state index contributed by atoms with van der Waals surface area (Å²) in [6.45, 7) is 3.29. The third-order valence-electron chi connectivity index (χ3n) is 7.24. The lowest BCUT2D eigenvalue weighted by molar-refractivity contribution is -0.305. The van der Waals surface area contributed by atoms with Crippen LogP contribution >= 0.6 is 0 Å². The Morgan fingerprint density at radius 1 is 0.675 bits per heavy atom. The van der Waals surface area contributed by atoms with E-state index in [0.29, 0.717) is 6.42 Å². The van der Waals surface area contributed by atoms with Gasteiger partial charge in [0.15, 0.2) is 12.4 Å². The molecule has 1 saturated heterocycles. The van der Waals surface area contributed by atoms with E-state index in [4.69, 9.17) is 18.9 Å². The van der Waals surface area contributed by atoms with Crippen LogP contribution in [0.15, 0.2) is 0 Å². The summed E-state index contributed by atoms with van der Waals surface area (Å²) in [4.78, 5) is 24.8. The smallest absolute Gasteiger partial charge is 0.306 e. The van der Waals surface area contributed by atoms with Crippen molar-refractivity contribution in [2.75, 3.05) is 19.8 Å². The monoisotopic (exact) mass is 576 g/mol. The topological polar surface area (TPSA) is 152 Å². The second-order valence-corrected chi connectivity index (χ2v) is 10.9. The van der Waals surface area contributed by atoms with Crippen LogP contribution < -0.4 is 0 Å². The zero-order valence-corrected chi connectivity index (χ0v) is 24.8. The fourth-order valence-electron chi connectivity index (χ4n) is 4.66. The van der Waals surface area contributed by atoms with Crippen LogP contribution in [0.25, 0.3) is 0 Å². The number of aliphatic hydroxyl groups excluding tert-OH is 4. The summed E-state index contributed by atoms with van der Waals surface area (Å²) in [7, 11) is 0. The minimum atomic E-state index is -1.58. The van der Waals surface area contributed by atoms with Gasteiger partial charge in [-0.3, -0.25) is 9.59 Å². The molecular formula is C30H56O10. The van der Waals surface area contributed by atoms with E-state index < -0.39 is 49.4 Å². The van der Waals surface area contributed by atoms with Gasteiger partial charge in [-0.1, -0.05) is 97.3 Å². The van der Waals surface area contributed by atoms with Gasteiger partial charge < -0.3 is 39.4 Å². The molecule has 0 aromatic carbocycles. The van der Waals surface area contributed by atoms with Crippen molar-refractivity contribution in [2.45, 2.75) is 160 Å². The molecule has 6 unspecified atom stereocenters. The number of rotatable bonds is 24. The van der Waals surface area contributed by atoms with Crippen LogP contribution in [0.5, 0.6) is 0 Å². The van der Waals surface area contributed by atoms with E-state index in [1.165, 1.54) is 44.9 Å². The van der Waals surface area contributed by atoms with Crippen molar-refractivity contribution in [1.29, 1.82) is 0 Å². The predicted molar refractivity (Wildman–Crippen MR) is 150 cm³/mol. The highest BCUT2D eigenvalue weighted by molar-refractivity contribution is 5.70. The molecule has 1 fully saturated rings. The van der Waals surface area contributed by atoms with Gasteiger partial charge >= 0.3 is 11.9 Å². The third-order valence-corrected chi connectivity index (χ3v) is 7.24. The van der Waals surface area contributed by atoms with Gasteiger partial charge in [0, 0.05) is 12.8 Å². The second kappa shape index (κ2) is 23.3. The first-order valence-corrected chi connectivity index (χ1v) is 15.6. The van der Waals surface area contributed by atoms with Crippen molar-refractivity contribution in [3.05, 3.63) is 0 Å². The number of carbonyl (C=O) groups is 2. The first-order valence-electron chi connectivity index (χ1n) is 15.6. The molecule has 4 N–H and O–H groups in total. The Balaban J connectivity index is 2.51. The quantitative estimate of drug-likeness (QED) is 0.0982. The Morgan fingerprint density at radius 3 is 1.70 bits per heavy atom. The summed E-state index contributed by atoms with van der Waals surface area (Å²) in [6, 6.07) is 0. The second-order valence-electron chi connectivity index (χ2n) is 10.9. The number of carbonyl (C=O) groups excluding carboxylic acids is 2. The van der Waals surface area contributed by atoms with Crippen LogP contribution in [0.4, 0.5) is 0 Å². The van der Waals surface area contributed by atoms with E-state index in [1.54, 1.807) is 0 Å². The number of hydrogen-bond acceptors (Lipinski definition) is 10. The van der Waals surface area contributed by atoms with Crippen LogP contribution in [0.3, 0.4) is 0 Å². The average Bonchev–Trinajstić information content (AvgIpc) is 2.95. The van der Waals surface area contributed by atoms with Crippen LogP contribution in [0.1, 0.15) is 123 Å². The van der Waals surface area contributed by atoms with Crippen LogP contribution in [0, 0.1) is 0 Å². The van der Waals surface area contributed by atoms with E-state index in [2.05, 4.69) is 13.8 Å². The standard InChI is InChI=1S/C30H56O10/c1-3-5-7-9-11-13-15-17-19-26(33)39-23(21-37-25(32)18-16-14-12-10-8-6-4-2)22-38-30-29(36)28(35)27(34)24(20-31)40-30/h23-24,27-31,34-36H,3-22H2,1-2H3. The molecule has 1 heterocycles. The Labute approximate surface area is 240 Å². The first kappa shape index (κ1) is 36.7. The van der Waals surface area contributed by atoms with E-state index in [9.17, 15) is 30.0 Å². The molecule has 236 valence electrons. The molecule has 1 rings (SSSR count). The van der Waals surface area contributed by atoms with Gasteiger partial charge in [0.25, 0.3) is 0 Å². The lowest BCUT2D eigenvalue weighted by Gasteiger charge is -2.39. The molecule has 40 heavy (non-hydrogen) atoms. The first-order chi connectivity index (χ1) is 19.3. The minimum absolute atomic E-state index is 0.212. The van der Waals surface area contributed by atoms with Crippen LogP contribution in [-0.4, -0.2) is 89.0 Å². The molecule has 1 aliphatic rings. The fourth-order valence-corrected chi connectivity index (χ4v) is 4.66.